The van der Waals surface area contributed by atoms with Crippen LogP contribution in [0.2, 0.25) is 0 Å². The van der Waals surface area contributed by atoms with E-state index in [-0.39, 0.29) is 0 Å². The Bertz CT molecular complexity index is 178. The summed E-state index contributed by atoms with van der Waals surface area (Å²) in [6.07, 6.45) is 13.2. The van der Waals surface area contributed by atoms with Crippen molar-refractivity contribution in [2.24, 2.45) is 11.3 Å². The Morgan fingerprint density at radius 1 is 1.07 bits per heavy atom. The molecule has 1 N–H and O–H groups in total. The molecule has 0 aliphatic heterocycles. The standard InChI is InChI=1S/C14H27N/c1-14(9-5-10-14)12-15-11-8-13-6-3-2-4-7-13/h13,15H,2-12H2,1H3. The van der Waals surface area contributed by atoms with Gasteiger partial charge in [-0.3, -0.25) is 0 Å². The Labute approximate surface area is 95.0 Å². The first-order valence-electron chi connectivity index (χ1n) is 6.99. The first-order chi connectivity index (χ1) is 7.29. The van der Waals surface area contributed by atoms with Crippen molar-refractivity contribution in [3.8, 4) is 0 Å². The zero-order chi connectivity index (χ0) is 10.6. The second kappa shape index (κ2) is 5.34. The fraction of sp³-hybridized carbons (Fsp3) is 1.00. The third kappa shape index (κ3) is 3.48. The maximum Gasteiger partial charge on any atom is 0.000516 e. The highest BCUT2D eigenvalue weighted by atomic mass is 14.9. The van der Waals surface area contributed by atoms with Crippen LogP contribution in [0.1, 0.15) is 64.7 Å². The Morgan fingerprint density at radius 3 is 2.40 bits per heavy atom. The summed E-state index contributed by atoms with van der Waals surface area (Å²) in [5.74, 6) is 1.04. The van der Waals surface area contributed by atoms with Gasteiger partial charge in [-0.1, -0.05) is 45.4 Å². The highest BCUT2D eigenvalue weighted by Gasteiger charge is 2.30. The van der Waals surface area contributed by atoms with E-state index in [0.29, 0.717) is 5.41 Å². The summed E-state index contributed by atoms with van der Waals surface area (Å²) in [6, 6.07) is 0. The molecular formula is C14H27N. The van der Waals surface area contributed by atoms with Crippen molar-refractivity contribution in [2.75, 3.05) is 13.1 Å². The maximum atomic E-state index is 3.68. The molecule has 88 valence electrons. The van der Waals surface area contributed by atoms with Gasteiger partial charge in [0.05, 0.1) is 0 Å². The van der Waals surface area contributed by atoms with Crippen LogP contribution in [0.25, 0.3) is 0 Å². The van der Waals surface area contributed by atoms with Gasteiger partial charge in [0.1, 0.15) is 0 Å². The molecule has 2 rings (SSSR count). The van der Waals surface area contributed by atoms with Gasteiger partial charge in [0, 0.05) is 6.54 Å². The predicted octanol–water partition coefficient (Wildman–Crippen LogP) is 3.74. The minimum atomic E-state index is 0.659. The molecule has 0 heterocycles. The average Bonchev–Trinajstić information content (AvgIpc) is 2.23. The van der Waals surface area contributed by atoms with Gasteiger partial charge in [0.25, 0.3) is 0 Å². The molecule has 2 aliphatic carbocycles. The van der Waals surface area contributed by atoms with E-state index in [2.05, 4.69) is 12.2 Å². The first kappa shape index (κ1) is 11.4. The Morgan fingerprint density at radius 2 is 1.80 bits per heavy atom. The molecule has 15 heavy (non-hydrogen) atoms. The third-order valence-electron chi connectivity index (χ3n) is 4.57. The van der Waals surface area contributed by atoms with E-state index in [4.69, 9.17) is 0 Å². The quantitative estimate of drug-likeness (QED) is 0.680. The van der Waals surface area contributed by atoms with Gasteiger partial charge in [-0.05, 0) is 37.1 Å². The molecule has 1 heteroatoms. The topological polar surface area (TPSA) is 12.0 Å². The summed E-state index contributed by atoms with van der Waals surface area (Å²) < 4.78 is 0. The second-order valence-corrected chi connectivity index (χ2v) is 6.13. The van der Waals surface area contributed by atoms with Crippen molar-refractivity contribution >= 4 is 0 Å². The van der Waals surface area contributed by atoms with Crippen LogP contribution in [0.5, 0.6) is 0 Å². The molecule has 0 unspecified atom stereocenters. The van der Waals surface area contributed by atoms with Crippen molar-refractivity contribution in [3.05, 3.63) is 0 Å². The minimum absolute atomic E-state index is 0.659. The van der Waals surface area contributed by atoms with Crippen LogP contribution in [-0.4, -0.2) is 13.1 Å². The van der Waals surface area contributed by atoms with Gasteiger partial charge in [0.15, 0.2) is 0 Å². The monoisotopic (exact) mass is 209 g/mol. The van der Waals surface area contributed by atoms with E-state index in [9.17, 15) is 0 Å². The number of nitrogens with one attached hydrogen (secondary N) is 1. The predicted molar refractivity (Wildman–Crippen MR) is 66.0 cm³/mol. The van der Waals surface area contributed by atoms with Crippen LogP contribution in [0.3, 0.4) is 0 Å². The molecule has 0 amide bonds. The molecule has 0 radical (unpaired) electrons. The van der Waals surface area contributed by atoms with E-state index in [1.165, 1.54) is 70.9 Å². The Balaban J connectivity index is 1.50. The average molecular weight is 209 g/mol. The lowest BCUT2D eigenvalue weighted by Crippen LogP contribution is -2.38. The van der Waals surface area contributed by atoms with Gasteiger partial charge in [-0.15, -0.1) is 0 Å². The fourth-order valence-electron chi connectivity index (χ4n) is 3.13. The number of hydrogen-bond acceptors (Lipinski definition) is 1. The molecule has 2 fully saturated rings. The van der Waals surface area contributed by atoms with Crippen molar-refractivity contribution in [1.82, 2.24) is 5.32 Å². The molecule has 2 saturated carbocycles. The normalized spacial score (nSPS) is 26.2. The lowest BCUT2D eigenvalue weighted by molar-refractivity contribution is 0.155. The van der Waals surface area contributed by atoms with Gasteiger partial charge in [-0.25, -0.2) is 0 Å². The van der Waals surface area contributed by atoms with Gasteiger partial charge in [-0.2, -0.15) is 0 Å². The largest absolute Gasteiger partial charge is 0.316 e. The van der Waals surface area contributed by atoms with Gasteiger partial charge in [0.2, 0.25) is 0 Å². The number of rotatable bonds is 5. The van der Waals surface area contributed by atoms with Crippen LogP contribution >= 0.6 is 0 Å². The van der Waals surface area contributed by atoms with Crippen molar-refractivity contribution in [1.29, 1.82) is 0 Å². The highest BCUT2D eigenvalue weighted by Crippen LogP contribution is 2.39. The van der Waals surface area contributed by atoms with Gasteiger partial charge < -0.3 is 5.32 Å². The van der Waals surface area contributed by atoms with Crippen LogP contribution in [0.4, 0.5) is 0 Å². The summed E-state index contributed by atoms with van der Waals surface area (Å²) in [6.45, 7) is 4.96. The molecule has 0 atom stereocenters. The van der Waals surface area contributed by atoms with Gasteiger partial charge >= 0.3 is 0 Å². The summed E-state index contributed by atoms with van der Waals surface area (Å²) in [5, 5.41) is 3.68. The molecule has 0 saturated heterocycles. The smallest absolute Gasteiger partial charge is 0.000516 e. The van der Waals surface area contributed by atoms with Crippen molar-refractivity contribution in [3.63, 3.8) is 0 Å². The molecular weight excluding hydrogens is 182 g/mol. The molecule has 2 aliphatic rings. The molecule has 0 aromatic carbocycles. The van der Waals surface area contributed by atoms with Crippen molar-refractivity contribution in [2.45, 2.75) is 64.7 Å². The molecule has 0 aromatic rings. The molecule has 0 bridgehead atoms. The summed E-state index contributed by atoms with van der Waals surface area (Å²) in [4.78, 5) is 0. The van der Waals surface area contributed by atoms with E-state index < -0.39 is 0 Å². The van der Waals surface area contributed by atoms with Crippen LogP contribution in [0, 0.1) is 11.3 Å². The van der Waals surface area contributed by atoms with E-state index >= 15 is 0 Å². The lowest BCUT2D eigenvalue weighted by Gasteiger charge is -2.38. The zero-order valence-electron chi connectivity index (χ0n) is 10.4. The number of hydrogen-bond donors (Lipinski definition) is 1. The highest BCUT2D eigenvalue weighted by molar-refractivity contribution is 4.85. The third-order valence-corrected chi connectivity index (χ3v) is 4.57. The van der Waals surface area contributed by atoms with Crippen LogP contribution in [-0.2, 0) is 0 Å². The summed E-state index contributed by atoms with van der Waals surface area (Å²) >= 11 is 0. The SMILES string of the molecule is CC1(CNCCC2CCCCC2)CCC1. The van der Waals surface area contributed by atoms with Crippen LogP contribution in [0.15, 0.2) is 0 Å². The zero-order valence-corrected chi connectivity index (χ0v) is 10.4. The molecule has 1 nitrogen and oxygen atoms in total. The molecule has 0 aromatic heterocycles. The lowest BCUT2D eigenvalue weighted by atomic mass is 9.70. The Hall–Kier alpha value is -0.0400. The van der Waals surface area contributed by atoms with E-state index in [1.807, 2.05) is 0 Å². The maximum absolute atomic E-state index is 3.68. The fourth-order valence-corrected chi connectivity index (χ4v) is 3.13. The summed E-state index contributed by atoms with van der Waals surface area (Å²) in [7, 11) is 0. The second-order valence-electron chi connectivity index (χ2n) is 6.13. The van der Waals surface area contributed by atoms with E-state index in [0.717, 1.165) is 5.92 Å². The summed E-state index contributed by atoms with van der Waals surface area (Å²) in [5.41, 5.74) is 0.659. The van der Waals surface area contributed by atoms with Crippen LogP contribution < -0.4 is 5.32 Å². The van der Waals surface area contributed by atoms with Crippen molar-refractivity contribution < 1.29 is 0 Å². The first-order valence-corrected chi connectivity index (χ1v) is 6.99. The Kier molecular flexibility index (Phi) is 4.07. The molecule has 0 spiro atoms. The van der Waals surface area contributed by atoms with E-state index in [1.54, 1.807) is 0 Å². The minimum Gasteiger partial charge on any atom is -0.316 e.